The van der Waals surface area contributed by atoms with Crippen LogP contribution in [0, 0.1) is 12.8 Å². The predicted octanol–water partition coefficient (Wildman–Crippen LogP) is 2.31. The van der Waals surface area contributed by atoms with Crippen molar-refractivity contribution in [3.8, 4) is 11.4 Å². The maximum absolute atomic E-state index is 12.7. The summed E-state index contributed by atoms with van der Waals surface area (Å²) in [7, 11) is -2.56. The van der Waals surface area contributed by atoms with Crippen molar-refractivity contribution >= 4 is 32.4 Å². The fourth-order valence-corrected chi connectivity index (χ4v) is 4.49. The van der Waals surface area contributed by atoms with Gasteiger partial charge < -0.3 is 9.84 Å². The highest BCUT2D eigenvalue weighted by atomic mass is 32.2. The van der Waals surface area contributed by atoms with Gasteiger partial charge in [-0.1, -0.05) is 54.6 Å². The minimum Gasteiger partial charge on any atom is -0.338 e. The Bertz CT molecular complexity index is 1120. The van der Waals surface area contributed by atoms with E-state index in [4.69, 9.17) is 4.52 Å². The summed E-state index contributed by atoms with van der Waals surface area (Å²) in [5.41, 5.74) is 1.79. The van der Waals surface area contributed by atoms with Gasteiger partial charge in [0.1, 0.15) is 0 Å². The molecule has 0 atom stereocenters. The summed E-state index contributed by atoms with van der Waals surface area (Å²) in [6.07, 6.45) is 0. The molecule has 1 amide bonds. The Morgan fingerprint density at radius 1 is 1.28 bits per heavy atom. The lowest BCUT2D eigenvalue weighted by atomic mass is 10.1. The van der Waals surface area contributed by atoms with Gasteiger partial charge in [-0.25, -0.2) is 8.42 Å². The van der Waals surface area contributed by atoms with Crippen molar-refractivity contribution in [2.45, 2.75) is 31.7 Å². The van der Waals surface area contributed by atoms with Crippen molar-refractivity contribution in [2.75, 3.05) is 12.4 Å². The molecule has 0 radical (unpaired) electrons. The molecule has 1 aromatic carbocycles. The van der Waals surface area contributed by atoms with Crippen LogP contribution in [0.2, 0.25) is 0 Å². The smallest absolute Gasteiger partial charge is 0.272 e. The van der Waals surface area contributed by atoms with Gasteiger partial charge in [0.2, 0.25) is 27.1 Å². The van der Waals surface area contributed by atoms with Gasteiger partial charge in [0.05, 0.1) is 6.54 Å². The molecule has 12 heteroatoms. The Morgan fingerprint density at radius 3 is 2.69 bits per heavy atom. The molecule has 0 saturated carbocycles. The second kappa shape index (κ2) is 8.35. The monoisotopic (exact) mass is 436 g/mol. The number of nitrogens with one attached hydrogen (secondary N) is 1. The zero-order chi connectivity index (χ0) is 21.2. The molecule has 3 aromatic rings. The van der Waals surface area contributed by atoms with Gasteiger partial charge in [-0.2, -0.15) is 9.29 Å². The van der Waals surface area contributed by atoms with Crippen LogP contribution in [0.15, 0.2) is 33.1 Å². The van der Waals surface area contributed by atoms with E-state index in [2.05, 4.69) is 25.7 Å². The van der Waals surface area contributed by atoms with E-state index in [1.807, 2.05) is 31.2 Å². The molecule has 0 aliphatic carbocycles. The van der Waals surface area contributed by atoms with Gasteiger partial charge in [-0.15, -0.1) is 10.2 Å². The highest BCUT2D eigenvalue weighted by Gasteiger charge is 2.28. The van der Waals surface area contributed by atoms with Crippen molar-refractivity contribution in [1.29, 1.82) is 0 Å². The van der Waals surface area contributed by atoms with Crippen molar-refractivity contribution in [1.82, 2.24) is 24.6 Å². The number of benzene rings is 1. The van der Waals surface area contributed by atoms with Gasteiger partial charge in [0.25, 0.3) is 10.0 Å². The summed E-state index contributed by atoms with van der Waals surface area (Å²) >= 11 is 0.778. The topological polar surface area (TPSA) is 131 Å². The van der Waals surface area contributed by atoms with Crippen LogP contribution in [0.5, 0.6) is 0 Å². The van der Waals surface area contributed by atoms with Gasteiger partial charge in [-0.3, -0.25) is 4.79 Å². The number of hydrogen-bond donors (Lipinski definition) is 1. The summed E-state index contributed by atoms with van der Waals surface area (Å²) in [5.74, 6) is 0.000303. The second-order valence-corrected chi connectivity index (χ2v) is 9.80. The standard InChI is InChI=1S/C17H20N6O4S2/c1-10(2)15(24)19-16-20-21-17(28-16)29(25,26)23(4)9-13-18-14(22-27-13)12-8-6-5-7-11(12)3/h5-8,10H,9H2,1-4H3,(H,19,20,24). The molecule has 29 heavy (non-hydrogen) atoms. The summed E-state index contributed by atoms with van der Waals surface area (Å²) < 4.78 is 31.5. The van der Waals surface area contributed by atoms with E-state index in [0.717, 1.165) is 26.8 Å². The van der Waals surface area contributed by atoms with E-state index in [0.29, 0.717) is 5.82 Å². The summed E-state index contributed by atoms with van der Waals surface area (Å²) in [4.78, 5) is 16.0. The van der Waals surface area contributed by atoms with Gasteiger partial charge in [0, 0.05) is 18.5 Å². The number of hydrogen-bond acceptors (Lipinski definition) is 9. The number of amides is 1. The molecule has 3 rings (SSSR count). The largest absolute Gasteiger partial charge is 0.338 e. The third kappa shape index (κ3) is 4.66. The van der Waals surface area contributed by atoms with Crippen LogP contribution in [0.4, 0.5) is 5.13 Å². The van der Waals surface area contributed by atoms with Crippen LogP contribution in [0.3, 0.4) is 0 Å². The van der Waals surface area contributed by atoms with E-state index >= 15 is 0 Å². The first-order chi connectivity index (χ1) is 13.7. The minimum atomic E-state index is -3.94. The normalized spacial score (nSPS) is 11.9. The Kier molecular flexibility index (Phi) is 6.05. The maximum Gasteiger partial charge on any atom is 0.272 e. The highest BCUT2D eigenvalue weighted by molar-refractivity contribution is 7.91. The number of aryl methyl sites for hydroxylation is 1. The number of carbonyl (C=O) groups excluding carboxylic acids is 1. The van der Waals surface area contributed by atoms with E-state index in [1.54, 1.807) is 13.8 Å². The van der Waals surface area contributed by atoms with E-state index < -0.39 is 10.0 Å². The van der Waals surface area contributed by atoms with Gasteiger partial charge in [-0.05, 0) is 12.5 Å². The maximum atomic E-state index is 12.7. The first-order valence-electron chi connectivity index (χ1n) is 8.67. The SMILES string of the molecule is Cc1ccccc1-c1noc(CN(C)S(=O)(=O)c2nnc(NC(=O)C(C)C)s2)n1. The quantitative estimate of drug-likeness (QED) is 0.558. The average Bonchev–Trinajstić information content (AvgIpc) is 3.32. The molecule has 0 aliphatic heterocycles. The third-order valence-corrected chi connectivity index (χ3v) is 6.99. The van der Waals surface area contributed by atoms with Crippen molar-refractivity contribution in [2.24, 2.45) is 5.92 Å². The predicted molar refractivity (Wildman–Crippen MR) is 107 cm³/mol. The van der Waals surface area contributed by atoms with Crippen molar-refractivity contribution < 1.29 is 17.7 Å². The van der Waals surface area contributed by atoms with Crippen LogP contribution in [-0.2, 0) is 21.4 Å². The van der Waals surface area contributed by atoms with E-state index in [9.17, 15) is 13.2 Å². The fraction of sp³-hybridized carbons (Fsp3) is 0.353. The minimum absolute atomic E-state index is 0.121. The zero-order valence-electron chi connectivity index (χ0n) is 16.3. The van der Waals surface area contributed by atoms with E-state index in [1.165, 1.54) is 7.05 Å². The lowest BCUT2D eigenvalue weighted by Gasteiger charge is -2.11. The van der Waals surface area contributed by atoms with Crippen molar-refractivity contribution in [3.05, 3.63) is 35.7 Å². The lowest BCUT2D eigenvalue weighted by molar-refractivity contribution is -0.118. The number of rotatable bonds is 7. The van der Waals surface area contributed by atoms with Gasteiger partial charge >= 0.3 is 0 Å². The number of sulfonamides is 1. The molecular weight excluding hydrogens is 416 g/mol. The Hall–Kier alpha value is -2.70. The van der Waals surface area contributed by atoms with Crippen molar-refractivity contribution in [3.63, 3.8) is 0 Å². The fourth-order valence-electron chi connectivity index (χ4n) is 2.28. The molecule has 0 aliphatic rings. The van der Waals surface area contributed by atoms with Crippen LogP contribution in [-0.4, -0.2) is 46.0 Å². The lowest BCUT2D eigenvalue weighted by Crippen LogP contribution is -2.26. The Morgan fingerprint density at radius 2 is 2.00 bits per heavy atom. The molecule has 0 unspecified atom stereocenters. The number of anilines is 1. The first-order valence-corrected chi connectivity index (χ1v) is 10.9. The molecule has 0 bridgehead atoms. The molecule has 0 fully saturated rings. The van der Waals surface area contributed by atoms with Crippen LogP contribution < -0.4 is 5.32 Å². The van der Waals surface area contributed by atoms with Gasteiger partial charge in [0.15, 0.2) is 0 Å². The molecule has 2 heterocycles. The summed E-state index contributed by atoms with van der Waals surface area (Å²) in [6.45, 7) is 5.23. The zero-order valence-corrected chi connectivity index (χ0v) is 17.9. The molecule has 154 valence electrons. The molecule has 2 aromatic heterocycles. The number of nitrogens with zero attached hydrogens (tertiary/aromatic N) is 5. The third-order valence-electron chi connectivity index (χ3n) is 4.00. The molecular formula is C17H20N6O4S2. The second-order valence-electron chi connectivity index (χ2n) is 6.60. The Balaban J connectivity index is 1.74. The molecule has 10 nitrogen and oxygen atoms in total. The van der Waals surface area contributed by atoms with Crippen LogP contribution in [0.25, 0.3) is 11.4 Å². The van der Waals surface area contributed by atoms with Crippen LogP contribution in [0.1, 0.15) is 25.3 Å². The summed E-state index contributed by atoms with van der Waals surface area (Å²) in [5, 5.41) is 14.0. The summed E-state index contributed by atoms with van der Waals surface area (Å²) in [6, 6.07) is 7.55. The molecule has 0 saturated heterocycles. The Labute approximate surface area is 172 Å². The van der Waals surface area contributed by atoms with E-state index in [-0.39, 0.29) is 33.7 Å². The van der Waals surface area contributed by atoms with Crippen LogP contribution >= 0.6 is 11.3 Å². The first kappa shape index (κ1) is 21.0. The highest BCUT2D eigenvalue weighted by Crippen LogP contribution is 2.25. The average molecular weight is 437 g/mol. The molecule has 0 spiro atoms. The molecule has 1 N–H and O–H groups in total. The number of aromatic nitrogens is 4. The number of carbonyl (C=O) groups is 1.